The Kier molecular flexibility index (Phi) is 7.09. The van der Waals surface area contributed by atoms with E-state index < -0.39 is 0 Å². The van der Waals surface area contributed by atoms with Crippen LogP contribution in [0.15, 0.2) is 0 Å². The molecule has 0 saturated carbocycles. The Morgan fingerprint density at radius 2 is 1.94 bits per heavy atom. The fourth-order valence-electron chi connectivity index (χ4n) is 2.78. The Labute approximate surface area is 107 Å². The zero-order valence-electron chi connectivity index (χ0n) is 12.0. The largest absolute Gasteiger partial charge is 0.383 e. The van der Waals surface area contributed by atoms with E-state index in [0.29, 0.717) is 6.04 Å². The molecule has 0 aromatic carbocycles. The summed E-state index contributed by atoms with van der Waals surface area (Å²) in [6.07, 6.45) is 2.73. The molecule has 1 aliphatic heterocycles. The van der Waals surface area contributed by atoms with E-state index in [9.17, 15) is 0 Å². The van der Waals surface area contributed by atoms with Crippen molar-refractivity contribution in [3.63, 3.8) is 0 Å². The molecule has 102 valence electrons. The van der Waals surface area contributed by atoms with Crippen LogP contribution in [-0.2, 0) is 4.74 Å². The zero-order chi connectivity index (χ0) is 12.7. The van der Waals surface area contributed by atoms with Crippen molar-refractivity contribution >= 4 is 0 Å². The van der Waals surface area contributed by atoms with Gasteiger partial charge in [0.1, 0.15) is 0 Å². The number of ether oxygens (including phenoxy) is 1. The van der Waals surface area contributed by atoms with Crippen LogP contribution in [0.4, 0.5) is 0 Å². The molecule has 17 heavy (non-hydrogen) atoms. The molecule has 1 atom stereocenters. The fourth-order valence-corrected chi connectivity index (χ4v) is 2.78. The summed E-state index contributed by atoms with van der Waals surface area (Å²) in [6.45, 7) is 12.4. The summed E-state index contributed by atoms with van der Waals surface area (Å²) >= 11 is 0. The minimum absolute atomic E-state index is 0.487. The van der Waals surface area contributed by atoms with Crippen LogP contribution in [0, 0.1) is 11.8 Å². The molecule has 0 radical (unpaired) electrons. The summed E-state index contributed by atoms with van der Waals surface area (Å²) in [5.41, 5.74) is 0. The minimum Gasteiger partial charge on any atom is -0.383 e. The maximum absolute atomic E-state index is 5.27. The molecule has 1 saturated heterocycles. The molecule has 0 aliphatic carbocycles. The summed E-state index contributed by atoms with van der Waals surface area (Å²) in [7, 11) is 1.79. The molecule has 0 spiro atoms. The first-order valence-corrected chi connectivity index (χ1v) is 7.12. The molecule has 1 unspecified atom stereocenters. The predicted octanol–water partition coefficient (Wildman–Crippen LogP) is 1.98. The molecule has 1 rings (SSSR count). The van der Waals surface area contributed by atoms with Gasteiger partial charge >= 0.3 is 0 Å². The van der Waals surface area contributed by atoms with E-state index >= 15 is 0 Å². The number of piperidine rings is 1. The maximum atomic E-state index is 5.27. The molecule has 3 nitrogen and oxygen atoms in total. The normalized spacial score (nSPS) is 21.0. The van der Waals surface area contributed by atoms with Crippen LogP contribution in [0.2, 0.25) is 0 Å². The Morgan fingerprint density at radius 3 is 2.41 bits per heavy atom. The topological polar surface area (TPSA) is 24.5 Å². The Hall–Kier alpha value is -0.120. The van der Waals surface area contributed by atoms with E-state index in [4.69, 9.17) is 4.74 Å². The van der Waals surface area contributed by atoms with Crippen molar-refractivity contribution in [2.24, 2.45) is 11.8 Å². The second-order valence-corrected chi connectivity index (χ2v) is 5.59. The van der Waals surface area contributed by atoms with E-state index in [1.54, 1.807) is 7.11 Å². The van der Waals surface area contributed by atoms with Crippen LogP contribution in [-0.4, -0.2) is 50.8 Å². The van der Waals surface area contributed by atoms with Gasteiger partial charge in [-0.1, -0.05) is 20.8 Å². The van der Waals surface area contributed by atoms with Crippen LogP contribution < -0.4 is 5.32 Å². The van der Waals surface area contributed by atoms with Gasteiger partial charge in [0.05, 0.1) is 6.61 Å². The lowest BCUT2D eigenvalue weighted by molar-refractivity contribution is 0.110. The lowest BCUT2D eigenvalue weighted by Gasteiger charge is -2.35. The quantitative estimate of drug-likeness (QED) is 0.739. The van der Waals surface area contributed by atoms with E-state index in [1.165, 1.54) is 25.9 Å². The highest BCUT2D eigenvalue weighted by Gasteiger charge is 2.23. The average Bonchev–Trinajstić information content (AvgIpc) is 2.30. The van der Waals surface area contributed by atoms with E-state index in [2.05, 4.69) is 31.0 Å². The molecule has 3 heteroatoms. The van der Waals surface area contributed by atoms with Gasteiger partial charge in [0.25, 0.3) is 0 Å². The van der Waals surface area contributed by atoms with Gasteiger partial charge in [0.2, 0.25) is 0 Å². The zero-order valence-corrected chi connectivity index (χ0v) is 12.0. The summed E-state index contributed by atoms with van der Waals surface area (Å²) in [5.74, 6) is 1.78. The number of methoxy groups -OCH3 is 1. The molecule has 0 bridgehead atoms. The van der Waals surface area contributed by atoms with Gasteiger partial charge in [-0.25, -0.2) is 0 Å². The van der Waals surface area contributed by atoms with Crippen molar-refractivity contribution in [1.82, 2.24) is 10.2 Å². The summed E-state index contributed by atoms with van der Waals surface area (Å²) < 4.78 is 5.27. The Balaban J connectivity index is 2.27. The van der Waals surface area contributed by atoms with Crippen LogP contribution in [0.25, 0.3) is 0 Å². The number of nitrogens with zero attached hydrogens (tertiary/aromatic N) is 1. The third-order valence-corrected chi connectivity index (χ3v) is 3.91. The minimum atomic E-state index is 0.487. The third kappa shape index (κ3) is 5.36. The van der Waals surface area contributed by atoms with E-state index in [0.717, 1.165) is 31.5 Å². The Morgan fingerprint density at radius 1 is 1.29 bits per heavy atom. The molecule has 1 N–H and O–H groups in total. The highest BCUT2D eigenvalue weighted by molar-refractivity contribution is 4.78. The van der Waals surface area contributed by atoms with Crippen molar-refractivity contribution in [2.45, 2.75) is 39.7 Å². The van der Waals surface area contributed by atoms with Gasteiger partial charge in [-0.2, -0.15) is 0 Å². The van der Waals surface area contributed by atoms with Gasteiger partial charge in [0, 0.05) is 19.7 Å². The predicted molar refractivity (Wildman–Crippen MR) is 73.3 cm³/mol. The van der Waals surface area contributed by atoms with E-state index in [-0.39, 0.29) is 0 Å². The van der Waals surface area contributed by atoms with Gasteiger partial charge in [-0.3, -0.25) is 0 Å². The number of hydrogen-bond acceptors (Lipinski definition) is 3. The molecule has 0 amide bonds. The smallest absolute Gasteiger partial charge is 0.0628 e. The number of hydrogen-bond donors (Lipinski definition) is 1. The van der Waals surface area contributed by atoms with Gasteiger partial charge in [-0.05, 0) is 44.3 Å². The number of likely N-dealkylation sites (tertiary alicyclic amines) is 1. The number of nitrogens with one attached hydrogen (secondary N) is 1. The van der Waals surface area contributed by atoms with E-state index in [1.807, 2.05) is 0 Å². The van der Waals surface area contributed by atoms with Crippen molar-refractivity contribution in [1.29, 1.82) is 0 Å². The first-order chi connectivity index (χ1) is 8.17. The fraction of sp³-hybridized carbons (Fsp3) is 1.00. The number of rotatable bonds is 7. The summed E-state index contributed by atoms with van der Waals surface area (Å²) in [6, 6.07) is 0.487. The summed E-state index contributed by atoms with van der Waals surface area (Å²) in [4.78, 5) is 2.59. The highest BCUT2D eigenvalue weighted by atomic mass is 16.5. The maximum Gasteiger partial charge on any atom is 0.0628 e. The summed E-state index contributed by atoms with van der Waals surface area (Å²) in [5, 5.41) is 3.50. The highest BCUT2D eigenvalue weighted by Crippen LogP contribution is 2.24. The first-order valence-electron chi connectivity index (χ1n) is 7.12. The average molecular weight is 242 g/mol. The SMILES string of the molecule is CCNC(COC)CN1CCC(C(C)C)CC1. The second-order valence-electron chi connectivity index (χ2n) is 5.59. The monoisotopic (exact) mass is 242 g/mol. The van der Waals surface area contributed by atoms with Crippen LogP contribution >= 0.6 is 0 Å². The second kappa shape index (κ2) is 8.06. The van der Waals surface area contributed by atoms with Gasteiger partial charge in [0.15, 0.2) is 0 Å². The van der Waals surface area contributed by atoms with Crippen molar-refractivity contribution in [3.05, 3.63) is 0 Å². The number of likely N-dealkylation sites (N-methyl/N-ethyl adjacent to an activating group) is 1. The molecule has 1 aliphatic rings. The molecular formula is C14H30N2O. The van der Waals surface area contributed by atoms with Crippen molar-refractivity contribution < 1.29 is 4.74 Å². The molecule has 1 fully saturated rings. The molecule has 0 aromatic heterocycles. The lowest BCUT2D eigenvalue weighted by Crippen LogP contribution is -2.46. The molecule has 1 heterocycles. The standard InChI is InChI=1S/C14H30N2O/c1-5-15-14(11-17-4)10-16-8-6-13(7-9-16)12(2)3/h12-15H,5-11H2,1-4H3. The van der Waals surface area contributed by atoms with Crippen LogP contribution in [0.1, 0.15) is 33.6 Å². The van der Waals surface area contributed by atoms with Gasteiger partial charge in [-0.15, -0.1) is 0 Å². The van der Waals surface area contributed by atoms with Crippen LogP contribution in [0.3, 0.4) is 0 Å². The third-order valence-electron chi connectivity index (χ3n) is 3.91. The molecular weight excluding hydrogens is 212 g/mol. The lowest BCUT2D eigenvalue weighted by atomic mass is 9.86. The van der Waals surface area contributed by atoms with Gasteiger partial charge < -0.3 is 15.0 Å². The molecule has 0 aromatic rings. The van der Waals surface area contributed by atoms with Crippen LogP contribution in [0.5, 0.6) is 0 Å². The van der Waals surface area contributed by atoms with Crippen molar-refractivity contribution in [2.75, 3.05) is 39.9 Å². The van der Waals surface area contributed by atoms with Crippen molar-refractivity contribution in [3.8, 4) is 0 Å². The first kappa shape index (κ1) is 14.9. The Bertz CT molecular complexity index is 183.